The maximum absolute atomic E-state index is 10.3. The Bertz CT molecular complexity index is 4800. The van der Waals surface area contributed by atoms with Gasteiger partial charge in [-0.25, -0.2) is 15.0 Å². The molecule has 0 radical (unpaired) electrons. The average molecular weight is 1170 g/mol. The quantitative estimate of drug-likeness (QED) is 0.149. The van der Waals surface area contributed by atoms with Crippen LogP contribution in [0, 0.1) is 34.0 Å². The van der Waals surface area contributed by atoms with E-state index in [1.807, 2.05) is 91.0 Å². The van der Waals surface area contributed by atoms with Crippen LogP contribution < -0.4 is 0 Å². The van der Waals surface area contributed by atoms with Crippen LogP contribution in [0.25, 0.3) is 123 Å². The van der Waals surface area contributed by atoms with Gasteiger partial charge in [-0.05, 0) is 186 Å². The summed E-state index contributed by atoms with van der Waals surface area (Å²) in [6.07, 6.45) is 0. The van der Waals surface area contributed by atoms with E-state index in [9.17, 15) is 15.8 Å². The number of benzene rings is 10. The van der Waals surface area contributed by atoms with Crippen molar-refractivity contribution in [3.8, 4) is 97.1 Å². The normalized spacial score (nSPS) is 12.2. The Morgan fingerprint density at radius 2 is 0.578 bits per heavy atom. The van der Waals surface area contributed by atoms with E-state index in [-0.39, 0.29) is 21.7 Å². The molecule has 0 atom stereocenters. The predicted molar refractivity (Wildman–Crippen MR) is 370 cm³/mol. The van der Waals surface area contributed by atoms with E-state index in [1.54, 1.807) is 0 Å². The molecule has 0 saturated heterocycles. The summed E-state index contributed by atoms with van der Waals surface area (Å²) in [4.78, 5) is 17.2. The molecule has 13 aromatic rings. The number of fused-ring (bicyclic) bond motifs is 6. The molecule has 0 saturated carbocycles. The molecule has 0 bridgehead atoms. The minimum absolute atomic E-state index is 0.114. The predicted octanol–water partition coefficient (Wildman–Crippen LogP) is 20.9. The van der Waals surface area contributed by atoms with Crippen molar-refractivity contribution in [2.75, 3.05) is 0 Å². The number of hydrogen-bond acceptors (Lipinski definition) is 6. The molecule has 0 aliphatic rings. The molecule has 0 aliphatic heterocycles. The molecule has 90 heavy (non-hydrogen) atoms. The molecule has 8 heteroatoms. The van der Waals surface area contributed by atoms with Crippen LogP contribution in [-0.4, -0.2) is 24.1 Å². The monoisotopic (exact) mass is 1170 g/mol. The first-order chi connectivity index (χ1) is 43.0. The molecule has 3 aromatic heterocycles. The van der Waals surface area contributed by atoms with Crippen molar-refractivity contribution < 1.29 is 0 Å². The molecule has 438 valence electrons. The molecule has 0 N–H and O–H groups in total. The van der Waals surface area contributed by atoms with Gasteiger partial charge in [-0.1, -0.05) is 180 Å². The van der Waals surface area contributed by atoms with Crippen molar-refractivity contribution in [3.63, 3.8) is 0 Å². The molecular weight excluding hydrogens is 1100 g/mol. The van der Waals surface area contributed by atoms with Gasteiger partial charge in [-0.2, -0.15) is 15.8 Å². The number of rotatable bonds is 8. The van der Waals surface area contributed by atoms with E-state index in [1.165, 1.54) is 22.3 Å². The van der Waals surface area contributed by atoms with Crippen molar-refractivity contribution in [1.29, 1.82) is 15.8 Å². The van der Waals surface area contributed by atoms with Gasteiger partial charge >= 0.3 is 0 Å². The molecule has 0 aliphatic carbocycles. The third-order valence-electron chi connectivity index (χ3n) is 17.7. The number of nitriles is 3. The number of hydrogen-bond donors (Lipinski definition) is 0. The van der Waals surface area contributed by atoms with Crippen LogP contribution >= 0.6 is 0 Å². The molecule has 13 rings (SSSR count). The maximum atomic E-state index is 10.3. The first-order valence-corrected chi connectivity index (χ1v) is 30.8. The van der Waals surface area contributed by atoms with Crippen LogP contribution in [0.4, 0.5) is 0 Å². The van der Waals surface area contributed by atoms with E-state index < -0.39 is 0 Å². The second kappa shape index (κ2) is 21.8. The standard InChI is InChI=1S/C82H70N8/c1-79(2,3)58-28-34-70-64(43-58)65-44-59(80(4,5)6)29-35-71(65)89(70)74-32-26-55(53-21-15-18-50(38-53)47-83)41-68(74)77-86-76(63-25-14-13-24-62(63)57-23-17-20-52(40-57)49-85)87-78(88-77)69-42-56(54-22-16-19-51(39-54)48-84)27-33-75(69)90-72-36-30-60(81(7,8)9)45-66(72)67-46-61(82(10,11)12)31-37-73(67)90/h13-46H,1-12H3. The van der Waals surface area contributed by atoms with Crippen molar-refractivity contribution in [2.45, 2.75) is 105 Å². The van der Waals surface area contributed by atoms with E-state index in [0.29, 0.717) is 34.2 Å². The van der Waals surface area contributed by atoms with Gasteiger partial charge < -0.3 is 9.13 Å². The second-order valence-corrected chi connectivity index (χ2v) is 28.0. The molecule has 3 heterocycles. The Balaban J connectivity index is 1.18. The van der Waals surface area contributed by atoms with Gasteiger partial charge in [0.05, 0.1) is 68.3 Å². The highest BCUT2D eigenvalue weighted by Gasteiger charge is 2.28. The lowest BCUT2D eigenvalue weighted by atomic mass is 9.85. The van der Waals surface area contributed by atoms with Gasteiger partial charge in [-0.3, -0.25) is 0 Å². The molecule has 0 spiro atoms. The fourth-order valence-electron chi connectivity index (χ4n) is 12.6. The Kier molecular flexibility index (Phi) is 14.2. The molecule has 8 nitrogen and oxygen atoms in total. The minimum Gasteiger partial charge on any atom is -0.309 e. The summed E-state index contributed by atoms with van der Waals surface area (Å²) < 4.78 is 4.73. The SMILES string of the molecule is CC(C)(C)c1ccc2c(c1)c1cc(C(C)(C)C)ccc1n2-c1ccc(-c2cccc(C#N)c2)cc1-c1nc(-c2ccccc2-c2cccc(C#N)c2)nc(-c2cc(-c3cccc(C#N)c3)ccc2-n2c3ccc(C(C)(C)C)cc3c3cc(C(C)(C)C)ccc32)n1. The van der Waals surface area contributed by atoms with Gasteiger partial charge in [0, 0.05) is 38.2 Å². The lowest BCUT2D eigenvalue weighted by Crippen LogP contribution is -2.10. The zero-order chi connectivity index (χ0) is 63.2. The smallest absolute Gasteiger partial charge is 0.166 e. The third-order valence-corrected chi connectivity index (χ3v) is 17.7. The summed E-state index contributed by atoms with van der Waals surface area (Å²) >= 11 is 0. The van der Waals surface area contributed by atoms with Gasteiger partial charge in [0.15, 0.2) is 17.5 Å². The highest BCUT2D eigenvalue weighted by molar-refractivity contribution is 6.12. The number of nitrogens with zero attached hydrogens (tertiary/aromatic N) is 8. The summed E-state index contributed by atoms with van der Waals surface area (Å²) in [6.45, 7) is 27.1. The van der Waals surface area contributed by atoms with E-state index in [4.69, 9.17) is 15.0 Å². The Morgan fingerprint density at radius 1 is 0.278 bits per heavy atom. The highest BCUT2D eigenvalue weighted by atomic mass is 15.1. The van der Waals surface area contributed by atoms with Crippen LogP contribution in [-0.2, 0) is 21.7 Å². The Hall–Kier alpha value is -10.7. The van der Waals surface area contributed by atoms with Crippen LogP contribution in [0.2, 0.25) is 0 Å². The Morgan fingerprint density at radius 3 is 0.911 bits per heavy atom. The summed E-state index contributed by atoms with van der Waals surface area (Å²) in [7, 11) is 0. The van der Waals surface area contributed by atoms with Gasteiger partial charge in [0.2, 0.25) is 0 Å². The van der Waals surface area contributed by atoms with Crippen molar-refractivity contribution >= 4 is 43.6 Å². The van der Waals surface area contributed by atoms with Crippen LogP contribution in [0.3, 0.4) is 0 Å². The van der Waals surface area contributed by atoms with Gasteiger partial charge in [-0.15, -0.1) is 0 Å². The van der Waals surface area contributed by atoms with Crippen LogP contribution in [0.1, 0.15) is 122 Å². The van der Waals surface area contributed by atoms with Gasteiger partial charge in [0.25, 0.3) is 0 Å². The first-order valence-electron chi connectivity index (χ1n) is 30.8. The lowest BCUT2D eigenvalue weighted by Gasteiger charge is -2.20. The third kappa shape index (κ3) is 10.6. The highest BCUT2D eigenvalue weighted by Crippen LogP contribution is 2.45. The zero-order valence-corrected chi connectivity index (χ0v) is 53.2. The van der Waals surface area contributed by atoms with E-state index >= 15 is 0 Å². The van der Waals surface area contributed by atoms with Crippen LogP contribution in [0.5, 0.6) is 0 Å². The van der Waals surface area contributed by atoms with Crippen molar-refractivity contribution in [2.24, 2.45) is 0 Å². The summed E-state index contributed by atoms with van der Waals surface area (Å²) in [5.74, 6) is 1.27. The first kappa shape index (κ1) is 58.3. The largest absolute Gasteiger partial charge is 0.309 e. The van der Waals surface area contributed by atoms with Crippen LogP contribution in [0.15, 0.2) is 206 Å². The topological polar surface area (TPSA) is 120 Å². The van der Waals surface area contributed by atoms with E-state index in [0.717, 1.165) is 105 Å². The molecule has 10 aromatic carbocycles. The lowest BCUT2D eigenvalue weighted by molar-refractivity contribution is 0.590. The van der Waals surface area contributed by atoms with E-state index in [2.05, 4.69) is 226 Å². The minimum atomic E-state index is -0.114. The van der Waals surface area contributed by atoms with Crippen molar-refractivity contribution in [1.82, 2.24) is 24.1 Å². The molecular formula is C82H70N8. The zero-order valence-electron chi connectivity index (χ0n) is 53.2. The van der Waals surface area contributed by atoms with Gasteiger partial charge in [0.1, 0.15) is 0 Å². The maximum Gasteiger partial charge on any atom is 0.166 e. The average Bonchev–Trinajstić information content (AvgIpc) is 1.55. The summed E-state index contributed by atoms with van der Waals surface area (Å²) in [6, 6.07) is 78.8. The molecule has 0 fully saturated rings. The number of aromatic nitrogens is 5. The summed E-state index contributed by atoms with van der Waals surface area (Å²) in [5, 5.41) is 35.3. The fraction of sp³-hybridized carbons (Fsp3) is 0.195. The van der Waals surface area contributed by atoms with Crippen molar-refractivity contribution in [3.05, 3.63) is 245 Å². The fourth-order valence-corrected chi connectivity index (χ4v) is 12.6. The molecule has 0 amide bonds. The second-order valence-electron chi connectivity index (χ2n) is 28.0. The molecule has 0 unspecified atom stereocenters. The summed E-state index contributed by atoms with van der Waals surface area (Å²) in [5.41, 5.74) is 19.4. The Labute approximate surface area is 527 Å².